The van der Waals surface area contributed by atoms with Crippen molar-refractivity contribution in [1.29, 1.82) is 0 Å². The Morgan fingerprint density at radius 2 is 1.68 bits per heavy atom. The van der Waals surface area contributed by atoms with Crippen molar-refractivity contribution in [3.8, 4) is 0 Å². The van der Waals surface area contributed by atoms with Crippen molar-refractivity contribution < 1.29 is 9.59 Å². The van der Waals surface area contributed by atoms with Crippen molar-refractivity contribution in [2.75, 3.05) is 13.1 Å². The molecule has 31 heavy (non-hydrogen) atoms. The molecule has 1 saturated heterocycles. The molecule has 1 aliphatic rings. The largest absolute Gasteiger partial charge is 0.369 e. The number of nitrogens with two attached hydrogens (primary N) is 1. The fourth-order valence-corrected chi connectivity index (χ4v) is 4.27. The zero-order valence-corrected chi connectivity index (χ0v) is 17.6. The lowest BCUT2D eigenvalue weighted by molar-refractivity contribution is -0.123. The van der Waals surface area contributed by atoms with Crippen molar-refractivity contribution in [2.24, 2.45) is 25.7 Å². The molecule has 3 aromatic rings. The number of rotatable bonds is 4. The van der Waals surface area contributed by atoms with Crippen molar-refractivity contribution in [3.63, 3.8) is 0 Å². The van der Waals surface area contributed by atoms with Crippen molar-refractivity contribution in [1.82, 2.24) is 18.6 Å². The fraction of sp³-hybridized carbons (Fsp3) is 0.364. The molecule has 162 valence electrons. The van der Waals surface area contributed by atoms with Gasteiger partial charge in [-0.25, -0.2) is 4.79 Å². The number of piperidine rings is 1. The van der Waals surface area contributed by atoms with Crippen molar-refractivity contribution in [3.05, 3.63) is 68.5 Å². The Hall–Kier alpha value is -3.62. The van der Waals surface area contributed by atoms with Gasteiger partial charge in [0, 0.05) is 39.6 Å². The molecule has 2 aromatic heterocycles. The normalized spacial score (nSPS) is 14.8. The average Bonchev–Trinajstić information content (AvgIpc) is 3.15. The Balaban J connectivity index is 1.83. The SMILES string of the molecule is Cn1c(=O)c2cc(C(=O)N3CCC(C(N)=O)CC3)n(Cc3ccccc3)c2n(C)c1=O. The van der Waals surface area contributed by atoms with E-state index >= 15 is 0 Å². The Morgan fingerprint density at radius 1 is 1.03 bits per heavy atom. The Morgan fingerprint density at radius 3 is 2.29 bits per heavy atom. The molecular formula is C22H25N5O4. The van der Waals surface area contributed by atoms with Crippen LogP contribution < -0.4 is 17.0 Å². The van der Waals surface area contributed by atoms with Gasteiger partial charge in [0.1, 0.15) is 11.3 Å². The van der Waals surface area contributed by atoms with Gasteiger partial charge < -0.3 is 15.2 Å². The molecule has 1 aromatic carbocycles. The first-order valence-electron chi connectivity index (χ1n) is 10.2. The minimum atomic E-state index is -0.453. The van der Waals surface area contributed by atoms with E-state index in [9.17, 15) is 19.2 Å². The molecule has 0 unspecified atom stereocenters. The van der Waals surface area contributed by atoms with Crippen LogP contribution in [0.15, 0.2) is 46.0 Å². The van der Waals surface area contributed by atoms with Crippen LogP contribution in [0.4, 0.5) is 0 Å². The number of carbonyl (C=O) groups is 2. The number of aromatic nitrogens is 3. The molecule has 9 nitrogen and oxygen atoms in total. The zero-order valence-electron chi connectivity index (χ0n) is 17.6. The summed E-state index contributed by atoms with van der Waals surface area (Å²) in [5.41, 5.74) is 6.21. The first-order valence-corrected chi connectivity index (χ1v) is 10.2. The van der Waals surface area contributed by atoms with Crippen LogP contribution in [-0.2, 0) is 25.4 Å². The van der Waals surface area contributed by atoms with Gasteiger partial charge in [-0.3, -0.25) is 23.5 Å². The highest BCUT2D eigenvalue weighted by atomic mass is 16.2. The summed E-state index contributed by atoms with van der Waals surface area (Å²) in [6.45, 7) is 1.16. The standard InChI is InChI=1S/C22H25N5O4/c1-24-19-16(20(29)25(2)22(24)31)12-17(27(19)13-14-6-4-3-5-7-14)21(30)26-10-8-15(9-11-26)18(23)28/h3-7,12,15H,8-11,13H2,1-2H3,(H2,23,28). The smallest absolute Gasteiger partial charge is 0.332 e. The van der Waals surface area contributed by atoms with Gasteiger partial charge in [0.15, 0.2) is 0 Å². The quantitative estimate of drug-likeness (QED) is 0.655. The Labute approximate surface area is 178 Å². The Bertz CT molecular complexity index is 1280. The highest BCUT2D eigenvalue weighted by molar-refractivity contribution is 5.98. The lowest BCUT2D eigenvalue weighted by Gasteiger charge is -2.30. The maximum atomic E-state index is 13.4. The van der Waals surface area contributed by atoms with E-state index in [0.29, 0.717) is 49.2 Å². The van der Waals surface area contributed by atoms with E-state index in [1.165, 1.54) is 11.6 Å². The van der Waals surface area contributed by atoms with Gasteiger partial charge in [-0.2, -0.15) is 0 Å². The second kappa shape index (κ2) is 7.90. The molecule has 0 radical (unpaired) electrons. The van der Waals surface area contributed by atoms with Crippen LogP contribution in [-0.4, -0.2) is 43.5 Å². The molecule has 0 aliphatic carbocycles. The summed E-state index contributed by atoms with van der Waals surface area (Å²) in [6.07, 6.45) is 1.03. The van der Waals surface area contributed by atoms with Crippen LogP contribution in [0.3, 0.4) is 0 Å². The molecule has 2 N–H and O–H groups in total. The van der Waals surface area contributed by atoms with Gasteiger partial charge in [-0.05, 0) is 24.5 Å². The molecule has 2 amide bonds. The minimum Gasteiger partial charge on any atom is -0.369 e. The summed E-state index contributed by atoms with van der Waals surface area (Å²) < 4.78 is 4.17. The minimum absolute atomic E-state index is 0.229. The number of hydrogen-bond acceptors (Lipinski definition) is 4. The molecule has 4 rings (SSSR count). The van der Waals surface area contributed by atoms with Gasteiger partial charge in [-0.15, -0.1) is 0 Å². The molecule has 0 saturated carbocycles. The molecule has 1 fully saturated rings. The van der Waals surface area contributed by atoms with E-state index in [2.05, 4.69) is 0 Å². The van der Waals surface area contributed by atoms with E-state index in [-0.39, 0.29) is 17.7 Å². The van der Waals surface area contributed by atoms with Crippen LogP contribution in [0, 0.1) is 5.92 Å². The predicted molar refractivity (Wildman–Crippen MR) is 116 cm³/mol. The first-order chi connectivity index (χ1) is 14.8. The maximum absolute atomic E-state index is 13.4. The van der Waals surface area contributed by atoms with Crippen LogP contribution in [0.5, 0.6) is 0 Å². The number of fused-ring (bicyclic) bond motifs is 1. The van der Waals surface area contributed by atoms with Crippen LogP contribution >= 0.6 is 0 Å². The molecule has 9 heteroatoms. The maximum Gasteiger partial charge on any atom is 0.332 e. The number of primary amides is 1. The second-order valence-corrected chi connectivity index (χ2v) is 8.01. The number of amides is 2. The van der Waals surface area contributed by atoms with Gasteiger partial charge >= 0.3 is 5.69 Å². The van der Waals surface area contributed by atoms with E-state index < -0.39 is 11.2 Å². The number of nitrogens with zero attached hydrogens (tertiary/aromatic N) is 4. The predicted octanol–water partition coefficient (Wildman–Crippen LogP) is 0.425. The number of likely N-dealkylation sites (tertiary alicyclic amines) is 1. The summed E-state index contributed by atoms with van der Waals surface area (Å²) in [6, 6.07) is 11.1. The van der Waals surface area contributed by atoms with Crippen molar-refractivity contribution >= 4 is 22.8 Å². The summed E-state index contributed by atoms with van der Waals surface area (Å²) in [5, 5.41) is 0.316. The van der Waals surface area contributed by atoms with Crippen LogP contribution in [0.2, 0.25) is 0 Å². The van der Waals surface area contributed by atoms with E-state index in [4.69, 9.17) is 5.73 Å². The van der Waals surface area contributed by atoms with E-state index in [1.807, 2.05) is 30.3 Å². The highest BCUT2D eigenvalue weighted by Crippen LogP contribution is 2.23. The number of carbonyl (C=O) groups excluding carboxylic acids is 2. The lowest BCUT2D eigenvalue weighted by Crippen LogP contribution is -2.42. The number of hydrogen-bond donors (Lipinski definition) is 1. The number of aryl methyl sites for hydroxylation is 1. The van der Waals surface area contributed by atoms with E-state index in [1.54, 1.807) is 22.6 Å². The Kier molecular flexibility index (Phi) is 5.26. The van der Waals surface area contributed by atoms with E-state index in [0.717, 1.165) is 10.1 Å². The molecular weight excluding hydrogens is 398 g/mol. The van der Waals surface area contributed by atoms with Crippen molar-refractivity contribution in [2.45, 2.75) is 19.4 Å². The summed E-state index contributed by atoms with van der Waals surface area (Å²) in [4.78, 5) is 51.9. The molecule has 1 aliphatic heterocycles. The molecule has 0 spiro atoms. The monoisotopic (exact) mass is 423 g/mol. The van der Waals surface area contributed by atoms with Crippen LogP contribution in [0.25, 0.3) is 11.0 Å². The first kappa shape index (κ1) is 20.6. The van der Waals surface area contributed by atoms with Gasteiger partial charge in [0.25, 0.3) is 11.5 Å². The van der Waals surface area contributed by atoms with Gasteiger partial charge in [0.05, 0.1) is 5.39 Å². The zero-order chi connectivity index (χ0) is 22.3. The van der Waals surface area contributed by atoms with Gasteiger partial charge in [-0.1, -0.05) is 30.3 Å². The summed E-state index contributed by atoms with van der Waals surface area (Å²) in [7, 11) is 3.02. The molecule has 0 atom stereocenters. The second-order valence-electron chi connectivity index (χ2n) is 8.01. The fourth-order valence-electron chi connectivity index (χ4n) is 4.27. The molecule has 3 heterocycles. The highest BCUT2D eigenvalue weighted by Gasteiger charge is 2.29. The summed E-state index contributed by atoms with van der Waals surface area (Å²) >= 11 is 0. The third kappa shape index (κ3) is 3.56. The lowest BCUT2D eigenvalue weighted by atomic mass is 9.96. The summed E-state index contributed by atoms with van der Waals surface area (Å²) in [5.74, 6) is -0.805. The third-order valence-electron chi connectivity index (χ3n) is 6.08. The number of benzene rings is 1. The average molecular weight is 423 g/mol. The molecule has 0 bridgehead atoms. The van der Waals surface area contributed by atoms with Gasteiger partial charge in [0.2, 0.25) is 5.91 Å². The third-order valence-corrected chi connectivity index (χ3v) is 6.08. The topological polar surface area (TPSA) is 112 Å². The van der Waals surface area contributed by atoms with Crippen LogP contribution in [0.1, 0.15) is 28.9 Å².